The van der Waals surface area contributed by atoms with Crippen LogP contribution in [0.5, 0.6) is 0 Å². The Hall–Kier alpha value is -3.82. The van der Waals surface area contributed by atoms with Gasteiger partial charge in [-0.15, -0.1) is 0 Å². The van der Waals surface area contributed by atoms with Crippen molar-refractivity contribution >= 4 is 35.2 Å². The number of aliphatic hydroxyl groups excluding tert-OH is 2. The summed E-state index contributed by atoms with van der Waals surface area (Å²) in [4.78, 5) is 82.2. The second-order valence-electron chi connectivity index (χ2n) is 21.5. The van der Waals surface area contributed by atoms with E-state index in [-0.39, 0.29) is 72.5 Å². The van der Waals surface area contributed by atoms with Gasteiger partial charge in [0, 0.05) is 58.0 Å². The van der Waals surface area contributed by atoms with Gasteiger partial charge in [0.05, 0.1) is 24.2 Å². The number of Topliss-reactive ketones (excluding diaryl/α,β-unsaturated/α-hetero) is 3. The number of rotatable bonds is 27. The third-order valence-corrected chi connectivity index (χ3v) is 15.3. The minimum Gasteiger partial charge on any atom is -0.462 e. The number of esters is 2. The lowest BCUT2D eigenvalue weighted by atomic mass is 9.78. The zero-order valence-electron chi connectivity index (χ0n) is 44.8. The zero-order chi connectivity index (χ0) is 52.5. The predicted octanol–water partition coefficient (Wildman–Crippen LogP) is 8.44. The molecule has 1 aliphatic carbocycles. The van der Waals surface area contributed by atoms with E-state index >= 15 is 0 Å². The van der Waals surface area contributed by atoms with Gasteiger partial charge in [0.2, 0.25) is 5.78 Å². The number of carbonyl (C=O) groups excluding carboxylic acids is 6. The number of hydrogen-bond acceptors (Lipinski definition) is 13. The van der Waals surface area contributed by atoms with Crippen LogP contribution in [0, 0.1) is 40.9 Å². The van der Waals surface area contributed by atoms with Crippen LogP contribution in [0.2, 0.25) is 0 Å². The number of ether oxygens (including phenoxy) is 5. The van der Waals surface area contributed by atoms with Gasteiger partial charge >= 0.3 is 11.9 Å². The lowest BCUT2D eigenvalue weighted by Crippen LogP contribution is -2.53. The van der Waals surface area contributed by atoms with E-state index in [1.54, 1.807) is 48.0 Å². The molecule has 2 N–H and O–H groups in total. The van der Waals surface area contributed by atoms with Gasteiger partial charge in [-0.1, -0.05) is 91.8 Å². The Balaban J connectivity index is 1.68. The molecule has 0 aromatic heterocycles. The van der Waals surface area contributed by atoms with Crippen LogP contribution in [-0.2, 0) is 52.5 Å². The number of methoxy groups -OCH3 is 3. The highest BCUT2D eigenvalue weighted by Gasteiger charge is 2.42. The molecule has 14 heteroatoms. The highest BCUT2D eigenvalue weighted by molar-refractivity contribution is 6.38. The molecule has 3 aliphatic rings. The minimum absolute atomic E-state index is 0.0284. The number of cyclic esters (lactones) is 1. The van der Waals surface area contributed by atoms with Crippen LogP contribution in [-0.4, -0.2) is 127 Å². The van der Waals surface area contributed by atoms with Crippen LogP contribution >= 0.6 is 0 Å². The maximum Gasteiger partial charge on any atom is 0.329 e. The van der Waals surface area contributed by atoms with Crippen molar-refractivity contribution in [1.82, 2.24) is 4.90 Å². The average Bonchev–Trinajstić information content (AvgIpc) is 3.33. The van der Waals surface area contributed by atoms with Gasteiger partial charge in [0.15, 0.2) is 5.78 Å². The molecule has 14 nitrogen and oxygen atoms in total. The monoisotopic (exact) mass is 984 g/mol. The molecule has 0 aromatic rings. The molecule has 0 aromatic carbocycles. The molecule has 396 valence electrons. The van der Waals surface area contributed by atoms with E-state index in [1.807, 2.05) is 71.9 Å². The highest BCUT2D eigenvalue weighted by atomic mass is 16.6. The Morgan fingerprint density at radius 1 is 0.900 bits per heavy atom. The smallest absolute Gasteiger partial charge is 0.329 e. The van der Waals surface area contributed by atoms with Crippen LogP contribution in [0.25, 0.3) is 0 Å². The summed E-state index contributed by atoms with van der Waals surface area (Å²) >= 11 is 0. The lowest BCUT2D eigenvalue weighted by Gasteiger charge is -2.37. The number of likely N-dealkylation sites (tertiary alicyclic amines) is 1. The summed E-state index contributed by atoms with van der Waals surface area (Å²) in [6, 6.07) is -0.958. The SMILES string of the molecule is CCC(C)(C)C(=O)C(=O)N1CCCC[C@H]1C(=O)O[C@@H](CC(=O)[C@H](C)/C=C(\C)[C@@H](O)[C@@H](OC)C(=O)[C@H](C)C[C@H](C)/C=C/C=C/C=C(\C)[C@H](CC1CC[C@@H](C)C(=O)O1)OC)[C@@H](C)C[C@@H]1CC[C@@H](O)[C@H](OC)C1. The first-order valence-electron chi connectivity index (χ1n) is 26.0. The van der Waals surface area contributed by atoms with Gasteiger partial charge in [-0.3, -0.25) is 24.0 Å². The van der Waals surface area contributed by atoms with E-state index < -0.39 is 65.4 Å². The van der Waals surface area contributed by atoms with Crippen molar-refractivity contribution in [3.8, 4) is 0 Å². The van der Waals surface area contributed by atoms with Crippen molar-refractivity contribution in [2.75, 3.05) is 27.9 Å². The Labute approximate surface area is 419 Å². The summed E-state index contributed by atoms with van der Waals surface area (Å²) < 4.78 is 28.7. The van der Waals surface area contributed by atoms with Gasteiger partial charge in [0.1, 0.15) is 36.2 Å². The van der Waals surface area contributed by atoms with Crippen LogP contribution in [0.3, 0.4) is 0 Å². The normalized spacial score (nSPS) is 26.4. The largest absolute Gasteiger partial charge is 0.462 e. The first-order chi connectivity index (χ1) is 33.0. The van der Waals surface area contributed by atoms with Crippen molar-refractivity contribution in [1.29, 1.82) is 0 Å². The minimum atomic E-state index is -1.32. The molecule has 2 saturated heterocycles. The fourth-order valence-corrected chi connectivity index (χ4v) is 9.97. The van der Waals surface area contributed by atoms with E-state index in [4.69, 9.17) is 23.7 Å². The average molecular weight is 984 g/mol. The molecule has 2 aliphatic heterocycles. The van der Waals surface area contributed by atoms with Crippen LogP contribution in [0.4, 0.5) is 0 Å². The van der Waals surface area contributed by atoms with Crippen LogP contribution in [0.1, 0.15) is 153 Å². The van der Waals surface area contributed by atoms with E-state index in [9.17, 15) is 39.0 Å². The predicted molar refractivity (Wildman–Crippen MR) is 269 cm³/mol. The number of piperidine rings is 1. The summed E-state index contributed by atoms with van der Waals surface area (Å²) in [6.07, 6.45) is 14.1. The molecular weight excluding hydrogens is 895 g/mol. The lowest BCUT2D eigenvalue weighted by molar-refractivity contribution is -0.167. The van der Waals surface area contributed by atoms with Crippen LogP contribution < -0.4 is 0 Å². The Bertz CT molecular complexity index is 1870. The standard InChI is InChI=1S/C56H89NO13/c1-14-56(9,10)52(62)53(63)57-27-19-18-22-43(57)55(65)70-47(38(6)30-41-24-26-44(58)48(31-41)67-12)33-45(59)37(5)29-40(8)50(61)51(68-13)49(60)39(7)28-34(2)20-16-15-17-21-35(3)46(66-11)32-42-25-23-36(4)54(64)69-42/h15-17,20-21,29,34,36-39,41-44,46-48,50-51,58,61H,14,18-19,22-28,30-33H2,1-13H3/b17-15+,20-16+,35-21+,40-29+/t34-,36-,37-,38+,39-,41+,42?,43+,44-,46+,47+,48-,50-,51+/m1/s1. The maximum atomic E-state index is 14.1. The number of hydrogen-bond donors (Lipinski definition) is 2. The molecule has 1 saturated carbocycles. The highest BCUT2D eigenvalue weighted by Crippen LogP contribution is 2.35. The van der Waals surface area contributed by atoms with Crippen molar-refractivity contribution in [3.05, 3.63) is 47.6 Å². The number of ketones is 3. The third-order valence-electron chi connectivity index (χ3n) is 15.3. The fourth-order valence-electron chi connectivity index (χ4n) is 9.97. The Kier molecular flexibility index (Phi) is 25.1. The molecule has 0 bridgehead atoms. The van der Waals surface area contributed by atoms with E-state index in [0.717, 1.165) is 24.8 Å². The molecule has 3 rings (SSSR count). The van der Waals surface area contributed by atoms with Crippen LogP contribution in [0.15, 0.2) is 47.6 Å². The molecule has 1 unspecified atom stereocenters. The van der Waals surface area contributed by atoms with Gasteiger partial charge in [-0.05, 0) is 113 Å². The van der Waals surface area contributed by atoms with Crippen molar-refractivity contribution < 1.29 is 62.7 Å². The van der Waals surface area contributed by atoms with Crippen molar-refractivity contribution in [2.24, 2.45) is 40.9 Å². The number of aliphatic hydroxyl groups is 2. The first kappa shape index (κ1) is 60.5. The molecule has 0 spiro atoms. The molecular formula is C56H89NO13. The number of allylic oxidation sites excluding steroid dienone is 6. The number of carbonyl (C=O) groups is 6. The summed E-state index contributed by atoms with van der Waals surface area (Å²) in [7, 11) is 4.61. The maximum absolute atomic E-state index is 14.1. The Morgan fingerprint density at radius 3 is 2.23 bits per heavy atom. The molecule has 14 atom stereocenters. The van der Waals surface area contributed by atoms with Crippen molar-refractivity contribution in [2.45, 2.75) is 201 Å². The van der Waals surface area contributed by atoms with Gasteiger partial charge in [-0.25, -0.2) is 4.79 Å². The third kappa shape index (κ3) is 17.7. The summed E-state index contributed by atoms with van der Waals surface area (Å²) in [5, 5.41) is 21.9. The Morgan fingerprint density at radius 2 is 1.60 bits per heavy atom. The zero-order valence-corrected chi connectivity index (χ0v) is 44.8. The van der Waals surface area contributed by atoms with Gasteiger partial charge in [-0.2, -0.15) is 0 Å². The molecule has 70 heavy (non-hydrogen) atoms. The second-order valence-corrected chi connectivity index (χ2v) is 21.5. The van der Waals surface area contributed by atoms with Gasteiger partial charge < -0.3 is 38.8 Å². The van der Waals surface area contributed by atoms with Crippen molar-refractivity contribution in [3.63, 3.8) is 0 Å². The van der Waals surface area contributed by atoms with Gasteiger partial charge in [0.25, 0.3) is 5.91 Å². The second kappa shape index (κ2) is 29.0. The van der Waals surface area contributed by atoms with E-state index in [1.165, 1.54) is 12.0 Å². The molecule has 3 fully saturated rings. The summed E-state index contributed by atoms with van der Waals surface area (Å²) in [6.45, 7) is 18.5. The summed E-state index contributed by atoms with van der Waals surface area (Å²) in [5.41, 5.74) is 0.519. The number of nitrogens with zero attached hydrogens (tertiary/aromatic N) is 1. The van der Waals surface area contributed by atoms with E-state index in [2.05, 4.69) is 0 Å². The quantitative estimate of drug-likeness (QED) is 0.0345. The number of amides is 1. The van der Waals surface area contributed by atoms with E-state index in [0.29, 0.717) is 63.4 Å². The summed E-state index contributed by atoms with van der Waals surface area (Å²) in [5.74, 6) is -3.89. The molecule has 0 radical (unpaired) electrons. The molecule has 1 amide bonds. The first-order valence-corrected chi connectivity index (χ1v) is 26.0. The fraction of sp³-hybridized carbons (Fsp3) is 0.750. The topological polar surface area (TPSA) is 192 Å². The molecule has 2 heterocycles.